The first-order valence-corrected chi connectivity index (χ1v) is 6.38. The Kier molecular flexibility index (Phi) is 5.91. The summed E-state index contributed by atoms with van der Waals surface area (Å²) in [6, 6.07) is 2.07. The second-order valence-corrected chi connectivity index (χ2v) is 4.66. The zero-order valence-electron chi connectivity index (χ0n) is 10.4. The van der Waals surface area contributed by atoms with Gasteiger partial charge < -0.3 is 10.1 Å². The first-order chi connectivity index (χ1) is 8.95. The van der Waals surface area contributed by atoms with Gasteiger partial charge in [-0.25, -0.2) is 4.39 Å². The zero-order chi connectivity index (χ0) is 14.4. The van der Waals surface area contributed by atoms with Crippen molar-refractivity contribution in [3.8, 4) is 5.75 Å². The van der Waals surface area contributed by atoms with Crippen LogP contribution in [0.2, 0.25) is 0 Å². The van der Waals surface area contributed by atoms with E-state index in [-0.39, 0.29) is 22.5 Å². The number of likely N-dealkylation sites (N-methyl/N-ethyl adjacent to an activating group) is 1. The molecule has 0 unspecified atom stereocenters. The molecule has 1 aromatic carbocycles. The summed E-state index contributed by atoms with van der Waals surface area (Å²) in [5.74, 6) is -0.721. The highest BCUT2D eigenvalue weighted by Crippen LogP contribution is 2.32. The van der Waals surface area contributed by atoms with E-state index in [9.17, 15) is 14.5 Å². The number of benzene rings is 1. The van der Waals surface area contributed by atoms with Crippen molar-refractivity contribution in [2.45, 2.75) is 6.92 Å². The molecule has 1 N–H and O–H groups in total. The Morgan fingerprint density at radius 3 is 2.89 bits per heavy atom. The summed E-state index contributed by atoms with van der Waals surface area (Å²) in [5.41, 5.74) is 0.434. The van der Waals surface area contributed by atoms with Crippen molar-refractivity contribution < 1.29 is 14.1 Å². The Labute approximate surface area is 118 Å². The Balaban J connectivity index is 2.79. The van der Waals surface area contributed by atoms with E-state index >= 15 is 0 Å². The number of rotatable bonds is 7. The third kappa shape index (κ3) is 4.60. The Morgan fingerprint density at radius 1 is 1.63 bits per heavy atom. The summed E-state index contributed by atoms with van der Waals surface area (Å²) in [6.45, 7) is 7.13. The Hall–Kier alpha value is -1.47. The Bertz CT molecular complexity index is 494. The lowest BCUT2D eigenvalue weighted by molar-refractivity contribution is -0.386. The molecule has 0 saturated heterocycles. The maximum atomic E-state index is 13.4. The largest absolute Gasteiger partial charge is 0.482 e. The molecular weight excluding hydrogens is 319 g/mol. The van der Waals surface area contributed by atoms with Crippen LogP contribution in [0.15, 0.2) is 28.8 Å². The minimum atomic E-state index is -0.618. The normalized spacial score (nSPS) is 10.3. The first kappa shape index (κ1) is 15.6. The van der Waals surface area contributed by atoms with E-state index in [1.54, 1.807) is 0 Å². The van der Waals surface area contributed by atoms with Crippen LogP contribution in [0.1, 0.15) is 6.92 Å². The lowest BCUT2D eigenvalue weighted by Gasteiger charge is -2.10. The van der Waals surface area contributed by atoms with Crippen LogP contribution in [0.25, 0.3) is 0 Å². The summed E-state index contributed by atoms with van der Waals surface area (Å²) in [7, 11) is 0. The van der Waals surface area contributed by atoms with E-state index in [1.165, 1.54) is 0 Å². The Morgan fingerprint density at radius 2 is 2.32 bits per heavy atom. The molecule has 0 radical (unpaired) electrons. The number of hydrogen-bond donors (Lipinski definition) is 1. The molecule has 0 spiro atoms. The zero-order valence-corrected chi connectivity index (χ0v) is 12.0. The number of nitro groups is 1. The molecule has 0 heterocycles. The van der Waals surface area contributed by atoms with Gasteiger partial charge in [0, 0.05) is 18.7 Å². The monoisotopic (exact) mass is 332 g/mol. The van der Waals surface area contributed by atoms with Crippen LogP contribution >= 0.6 is 15.9 Å². The quantitative estimate of drug-likeness (QED) is 0.473. The predicted octanol–water partition coefficient (Wildman–Crippen LogP) is 3.04. The van der Waals surface area contributed by atoms with Crippen LogP contribution in [0.3, 0.4) is 0 Å². The highest BCUT2D eigenvalue weighted by molar-refractivity contribution is 9.10. The smallest absolute Gasteiger partial charge is 0.312 e. The highest BCUT2D eigenvalue weighted by Gasteiger charge is 2.19. The maximum Gasteiger partial charge on any atom is 0.312 e. The van der Waals surface area contributed by atoms with Crippen molar-refractivity contribution in [2.75, 3.05) is 19.7 Å². The number of ether oxygens (including phenoxy) is 1. The van der Waals surface area contributed by atoms with E-state index < -0.39 is 10.7 Å². The summed E-state index contributed by atoms with van der Waals surface area (Å²) in [6.07, 6.45) is 0. The maximum absolute atomic E-state index is 13.4. The number of nitrogens with one attached hydrogen (secondary N) is 1. The second kappa shape index (κ2) is 7.20. The van der Waals surface area contributed by atoms with Gasteiger partial charge in [0.1, 0.15) is 12.4 Å². The molecule has 19 heavy (non-hydrogen) atoms. The molecule has 0 aliphatic carbocycles. The summed E-state index contributed by atoms with van der Waals surface area (Å²) in [5, 5.41) is 13.9. The lowest BCUT2D eigenvalue weighted by atomic mass is 10.3. The average molecular weight is 333 g/mol. The average Bonchev–Trinajstić information content (AvgIpc) is 2.36. The molecule has 0 saturated carbocycles. The van der Waals surface area contributed by atoms with Gasteiger partial charge in [-0.1, -0.05) is 13.5 Å². The van der Waals surface area contributed by atoms with Crippen LogP contribution in [-0.2, 0) is 0 Å². The van der Waals surface area contributed by atoms with Crippen LogP contribution in [0, 0.1) is 15.9 Å². The molecule has 0 fully saturated rings. The van der Waals surface area contributed by atoms with Crippen molar-refractivity contribution in [3.63, 3.8) is 0 Å². The standard InChI is InChI=1S/C12H14BrFN2O3/c1-3-15-6-8(2)7-19-12-5-10(14)9(13)4-11(12)16(17)18/h4-5,15H,2-3,6-7H2,1H3. The summed E-state index contributed by atoms with van der Waals surface area (Å²) < 4.78 is 18.6. The van der Waals surface area contributed by atoms with Gasteiger partial charge >= 0.3 is 5.69 Å². The fourth-order valence-electron chi connectivity index (χ4n) is 1.31. The van der Waals surface area contributed by atoms with Gasteiger partial charge in [-0.3, -0.25) is 10.1 Å². The molecule has 1 aromatic rings. The lowest BCUT2D eigenvalue weighted by Crippen LogP contribution is -2.19. The van der Waals surface area contributed by atoms with Crippen LogP contribution in [-0.4, -0.2) is 24.6 Å². The second-order valence-electron chi connectivity index (χ2n) is 3.81. The van der Waals surface area contributed by atoms with Gasteiger partial charge in [0.25, 0.3) is 0 Å². The topological polar surface area (TPSA) is 64.4 Å². The van der Waals surface area contributed by atoms with E-state index in [2.05, 4.69) is 27.8 Å². The van der Waals surface area contributed by atoms with E-state index in [0.29, 0.717) is 6.54 Å². The van der Waals surface area contributed by atoms with E-state index in [4.69, 9.17) is 4.74 Å². The fourth-order valence-corrected chi connectivity index (χ4v) is 1.64. The van der Waals surface area contributed by atoms with Gasteiger partial charge in [0.15, 0.2) is 5.75 Å². The molecule has 7 heteroatoms. The van der Waals surface area contributed by atoms with Crippen LogP contribution in [0.4, 0.5) is 10.1 Å². The van der Waals surface area contributed by atoms with Crippen molar-refractivity contribution >= 4 is 21.6 Å². The van der Waals surface area contributed by atoms with Crippen molar-refractivity contribution in [3.05, 3.63) is 44.7 Å². The SMILES string of the molecule is C=C(CNCC)COc1cc(F)c(Br)cc1[N+](=O)[O-]. The van der Waals surface area contributed by atoms with Gasteiger partial charge in [-0.05, 0) is 28.0 Å². The van der Waals surface area contributed by atoms with Gasteiger partial charge in [0.2, 0.25) is 0 Å². The fraction of sp³-hybridized carbons (Fsp3) is 0.333. The molecule has 0 aliphatic rings. The van der Waals surface area contributed by atoms with Crippen molar-refractivity contribution in [1.82, 2.24) is 5.32 Å². The molecule has 0 atom stereocenters. The minimum absolute atomic E-state index is 0.0260. The van der Waals surface area contributed by atoms with Crippen molar-refractivity contribution in [2.24, 2.45) is 0 Å². The third-order valence-corrected chi connectivity index (χ3v) is 2.86. The van der Waals surface area contributed by atoms with E-state index in [1.807, 2.05) is 6.92 Å². The van der Waals surface area contributed by atoms with E-state index in [0.717, 1.165) is 24.3 Å². The molecular formula is C12H14BrFN2O3. The number of nitrogens with zero attached hydrogens (tertiary/aromatic N) is 1. The number of hydrogen-bond acceptors (Lipinski definition) is 4. The number of halogens is 2. The third-order valence-electron chi connectivity index (χ3n) is 2.26. The highest BCUT2D eigenvalue weighted by atomic mass is 79.9. The molecule has 1 rings (SSSR count). The molecule has 0 bridgehead atoms. The number of nitro benzene ring substituents is 1. The minimum Gasteiger partial charge on any atom is -0.482 e. The first-order valence-electron chi connectivity index (χ1n) is 5.59. The summed E-state index contributed by atoms with van der Waals surface area (Å²) >= 11 is 2.90. The predicted molar refractivity (Wildman–Crippen MR) is 73.9 cm³/mol. The molecule has 5 nitrogen and oxygen atoms in total. The van der Waals surface area contributed by atoms with Crippen LogP contribution < -0.4 is 10.1 Å². The van der Waals surface area contributed by atoms with Crippen LogP contribution in [0.5, 0.6) is 5.75 Å². The molecule has 0 amide bonds. The van der Waals surface area contributed by atoms with Crippen molar-refractivity contribution in [1.29, 1.82) is 0 Å². The van der Waals surface area contributed by atoms with Gasteiger partial charge in [0.05, 0.1) is 9.40 Å². The van der Waals surface area contributed by atoms with Gasteiger partial charge in [-0.2, -0.15) is 0 Å². The molecule has 104 valence electrons. The molecule has 0 aliphatic heterocycles. The summed E-state index contributed by atoms with van der Waals surface area (Å²) in [4.78, 5) is 10.2. The van der Waals surface area contributed by atoms with Gasteiger partial charge in [-0.15, -0.1) is 0 Å². The molecule has 0 aromatic heterocycles.